The van der Waals surface area contributed by atoms with Crippen LogP contribution in [0.2, 0.25) is 0 Å². The topological polar surface area (TPSA) is 98.5 Å². The van der Waals surface area contributed by atoms with Crippen LogP contribution in [0, 0.1) is 10.1 Å². The molecule has 0 atom stereocenters. The minimum absolute atomic E-state index is 0.00770. The molecule has 158 valence electrons. The molecule has 1 heterocycles. The van der Waals surface area contributed by atoms with Crippen LogP contribution in [0.3, 0.4) is 0 Å². The Hall–Kier alpha value is -3.00. The van der Waals surface area contributed by atoms with E-state index in [-0.39, 0.29) is 18.2 Å². The van der Waals surface area contributed by atoms with Crippen molar-refractivity contribution in [2.45, 2.75) is 45.4 Å². The Morgan fingerprint density at radius 1 is 1.17 bits per heavy atom. The van der Waals surface area contributed by atoms with Gasteiger partial charge in [0.15, 0.2) is 0 Å². The number of carbonyl (C=O) groups is 2. The van der Waals surface area contributed by atoms with Gasteiger partial charge in [-0.05, 0) is 61.9 Å². The molecule has 3 rings (SSSR count). The Balaban J connectivity index is 1.80. The fourth-order valence-electron chi connectivity index (χ4n) is 3.46. The molecule has 0 saturated carbocycles. The van der Waals surface area contributed by atoms with Crippen molar-refractivity contribution in [2.24, 2.45) is 0 Å². The van der Waals surface area contributed by atoms with Gasteiger partial charge in [0.2, 0.25) is 5.91 Å². The third kappa shape index (κ3) is 5.33. The van der Waals surface area contributed by atoms with E-state index >= 15 is 0 Å². The van der Waals surface area contributed by atoms with Crippen LogP contribution in [-0.2, 0) is 22.4 Å². The molecule has 8 heteroatoms. The molecule has 1 amide bonds. The summed E-state index contributed by atoms with van der Waals surface area (Å²) in [6.45, 7) is 2.04. The first kappa shape index (κ1) is 21.7. The molecule has 1 aliphatic carbocycles. The van der Waals surface area contributed by atoms with Gasteiger partial charge in [-0.15, -0.1) is 11.3 Å². The number of hydrogen-bond acceptors (Lipinski definition) is 6. The van der Waals surface area contributed by atoms with Crippen molar-refractivity contribution in [3.05, 3.63) is 62.0 Å². The van der Waals surface area contributed by atoms with Crippen LogP contribution in [0.15, 0.2) is 30.3 Å². The van der Waals surface area contributed by atoms with Crippen molar-refractivity contribution in [3.63, 3.8) is 0 Å². The second kappa shape index (κ2) is 10.2. The number of benzene rings is 1. The molecule has 1 aliphatic rings. The Morgan fingerprint density at radius 2 is 1.87 bits per heavy atom. The molecule has 2 aromatic rings. The number of carbonyl (C=O) groups excluding carboxylic acids is 2. The largest absolute Gasteiger partial charge is 0.462 e. The molecule has 0 aliphatic heterocycles. The maximum Gasteiger partial charge on any atom is 0.341 e. The predicted octanol–water partition coefficient (Wildman–Crippen LogP) is 5.14. The summed E-state index contributed by atoms with van der Waals surface area (Å²) >= 11 is 1.45. The number of non-ortho nitro benzene ring substituents is 1. The number of nitro benzene ring substituents is 1. The molecule has 1 aromatic carbocycles. The van der Waals surface area contributed by atoms with Crippen LogP contribution in [0.4, 0.5) is 10.7 Å². The lowest BCUT2D eigenvalue weighted by atomic mass is 9.96. The highest BCUT2D eigenvalue weighted by Gasteiger charge is 2.25. The Bertz CT molecular complexity index is 963. The lowest BCUT2D eigenvalue weighted by Gasteiger charge is -2.11. The second-order valence-corrected chi connectivity index (χ2v) is 8.12. The number of nitro groups is 1. The zero-order valence-corrected chi connectivity index (χ0v) is 17.6. The summed E-state index contributed by atoms with van der Waals surface area (Å²) in [6, 6.07) is 5.91. The van der Waals surface area contributed by atoms with E-state index < -0.39 is 10.9 Å². The van der Waals surface area contributed by atoms with Gasteiger partial charge in [-0.1, -0.05) is 12.8 Å². The molecular formula is C22H24N2O5S. The number of ether oxygens (including phenoxy) is 1. The summed E-state index contributed by atoms with van der Waals surface area (Å²) in [5.74, 6) is -0.765. The number of aryl methyl sites for hydroxylation is 1. The summed E-state index contributed by atoms with van der Waals surface area (Å²) in [5, 5.41) is 14.1. The molecule has 0 spiro atoms. The van der Waals surface area contributed by atoms with Crippen LogP contribution in [0.1, 0.15) is 59.0 Å². The van der Waals surface area contributed by atoms with E-state index in [0.29, 0.717) is 16.1 Å². The van der Waals surface area contributed by atoms with Gasteiger partial charge in [-0.25, -0.2) is 4.79 Å². The fourth-order valence-corrected chi connectivity index (χ4v) is 4.74. The normalized spacial score (nSPS) is 13.9. The first-order valence-electron chi connectivity index (χ1n) is 10.0. The van der Waals surface area contributed by atoms with Crippen LogP contribution in [0.25, 0.3) is 6.08 Å². The van der Waals surface area contributed by atoms with E-state index in [1.54, 1.807) is 25.1 Å². The number of thiophene rings is 1. The van der Waals surface area contributed by atoms with E-state index in [2.05, 4.69) is 5.32 Å². The third-order valence-electron chi connectivity index (χ3n) is 4.92. The average Bonchev–Trinajstić information content (AvgIpc) is 3.03. The molecule has 7 nitrogen and oxygen atoms in total. The van der Waals surface area contributed by atoms with Crippen LogP contribution in [-0.4, -0.2) is 23.4 Å². The van der Waals surface area contributed by atoms with E-state index in [1.807, 2.05) is 0 Å². The van der Waals surface area contributed by atoms with Crippen molar-refractivity contribution in [1.82, 2.24) is 0 Å². The zero-order chi connectivity index (χ0) is 21.5. The van der Waals surface area contributed by atoms with Gasteiger partial charge >= 0.3 is 5.97 Å². The van der Waals surface area contributed by atoms with Gasteiger partial charge in [0.25, 0.3) is 5.69 Å². The minimum atomic E-state index is -0.472. The van der Waals surface area contributed by atoms with E-state index in [0.717, 1.165) is 42.5 Å². The molecule has 0 unspecified atom stereocenters. The maximum atomic E-state index is 12.6. The molecule has 0 saturated heterocycles. The highest BCUT2D eigenvalue weighted by atomic mass is 32.1. The monoisotopic (exact) mass is 428 g/mol. The van der Waals surface area contributed by atoms with Gasteiger partial charge in [-0.2, -0.15) is 0 Å². The molecule has 0 radical (unpaired) electrons. The van der Waals surface area contributed by atoms with Crippen LogP contribution >= 0.6 is 11.3 Å². The lowest BCUT2D eigenvalue weighted by Crippen LogP contribution is -2.13. The number of rotatable bonds is 6. The smallest absolute Gasteiger partial charge is 0.341 e. The first-order chi connectivity index (χ1) is 14.5. The van der Waals surface area contributed by atoms with Crippen molar-refractivity contribution in [1.29, 1.82) is 0 Å². The number of hydrogen-bond donors (Lipinski definition) is 1. The van der Waals surface area contributed by atoms with E-state index in [9.17, 15) is 19.7 Å². The highest BCUT2D eigenvalue weighted by molar-refractivity contribution is 7.17. The number of amides is 1. The average molecular weight is 429 g/mol. The van der Waals surface area contributed by atoms with Crippen molar-refractivity contribution >= 4 is 40.0 Å². The summed E-state index contributed by atoms with van der Waals surface area (Å²) < 4.78 is 5.25. The Morgan fingerprint density at radius 3 is 2.53 bits per heavy atom. The number of nitrogens with one attached hydrogen (secondary N) is 1. The van der Waals surface area contributed by atoms with Crippen molar-refractivity contribution in [2.75, 3.05) is 11.9 Å². The quantitative estimate of drug-likeness (QED) is 0.297. The molecular weight excluding hydrogens is 404 g/mol. The van der Waals surface area contributed by atoms with Gasteiger partial charge in [-0.3, -0.25) is 14.9 Å². The van der Waals surface area contributed by atoms with Crippen molar-refractivity contribution < 1.29 is 19.2 Å². The van der Waals surface area contributed by atoms with Gasteiger partial charge < -0.3 is 10.1 Å². The van der Waals surface area contributed by atoms with Crippen LogP contribution in [0.5, 0.6) is 0 Å². The SMILES string of the molecule is CCOC(=O)c1c(NC(=O)/C=C/c2ccc([N+](=O)[O-])cc2)sc2c1CCCCCC2. The Kier molecular flexibility index (Phi) is 7.35. The van der Waals surface area contributed by atoms with Gasteiger partial charge in [0.1, 0.15) is 5.00 Å². The molecule has 1 aromatic heterocycles. The van der Waals surface area contributed by atoms with Crippen LogP contribution < -0.4 is 5.32 Å². The molecule has 0 fully saturated rings. The summed E-state index contributed by atoms with van der Waals surface area (Å²) in [6.07, 6.45) is 9.05. The van der Waals surface area contributed by atoms with Gasteiger partial charge in [0.05, 0.1) is 17.1 Å². The summed E-state index contributed by atoms with van der Waals surface area (Å²) in [5.41, 5.74) is 2.15. The lowest BCUT2D eigenvalue weighted by molar-refractivity contribution is -0.384. The highest BCUT2D eigenvalue weighted by Crippen LogP contribution is 2.37. The van der Waals surface area contributed by atoms with E-state index in [1.165, 1.54) is 36.0 Å². The maximum absolute atomic E-state index is 12.6. The van der Waals surface area contributed by atoms with E-state index in [4.69, 9.17) is 4.74 Å². The summed E-state index contributed by atoms with van der Waals surface area (Å²) in [7, 11) is 0. The molecule has 1 N–H and O–H groups in total. The van der Waals surface area contributed by atoms with Gasteiger partial charge in [0, 0.05) is 23.1 Å². The number of fused-ring (bicyclic) bond motifs is 1. The standard InChI is InChI=1S/C22H24N2O5S/c1-2-29-22(26)20-17-7-5-3-4-6-8-18(17)30-21(20)23-19(25)14-11-15-9-12-16(13-10-15)24(27)28/h9-14H,2-8H2,1H3,(H,23,25)/b14-11+. The number of nitrogens with zero attached hydrogens (tertiary/aromatic N) is 1. The number of esters is 1. The first-order valence-corrected chi connectivity index (χ1v) is 10.9. The Labute approximate surface area is 178 Å². The third-order valence-corrected chi connectivity index (χ3v) is 6.13. The summed E-state index contributed by atoms with van der Waals surface area (Å²) in [4.78, 5) is 36.5. The second-order valence-electron chi connectivity index (χ2n) is 7.01. The molecule has 30 heavy (non-hydrogen) atoms. The predicted molar refractivity (Wildman–Crippen MR) is 117 cm³/mol. The number of anilines is 1. The fraction of sp³-hybridized carbons (Fsp3) is 0.364. The zero-order valence-electron chi connectivity index (χ0n) is 16.8. The minimum Gasteiger partial charge on any atom is -0.462 e. The molecule has 0 bridgehead atoms. The van der Waals surface area contributed by atoms with Crippen molar-refractivity contribution in [3.8, 4) is 0 Å².